The molecule has 2 aromatic rings. The van der Waals surface area contributed by atoms with Crippen molar-refractivity contribution in [2.24, 2.45) is 5.14 Å². The van der Waals surface area contributed by atoms with Crippen molar-refractivity contribution in [3.05, 3.63) is 35.1 Å². The van der Waals surface area contributed by atoms with Gasteiger partial charge in [0.2, 0.25) is 10.0 Å². The minimum absolute atomic E-state index is 0.0428. The molecule has 96 valence electrons. The average molecular weight is 287 g/mol. The molecule has 18 heavy (non-hydrogen) atoms. The van der Waals surface area contributed by atoms with Crippen molar-refractivity contribution in [1.82, 2.24) is 9.78 Å². The lowest BCUT2D eigenvalue weighted by molar-refractivity contribution is 0.598. The third-order valence-corrected chi connectivity index (χ3v) is 3.70. The molecule has 1 heterocycles. The number of nitrogens with two attached hydrogens (primary N) is 2. The van der Waals surface area contributed by atoms with Crippen molar-refractivity contribution in [2.45, 2.75) is 11.8 Å². The summed E-state index contributed by atoms with van der Waals surface area (Å²) in [6.45, 7) is 1.76. The Morgan fingerprint density at radius 2 is 2.06 bits per heavy atom. The lowest BCUT2D eigenvalue weighted by Crippen LogP contribution is -2.13. The summed E-state index contributed by atoms with van der Waals surface area (Å²) in [4.78, 5) is -0.0428. The molecule has 0 atom stereocenters. The molecule has 0 saturated heterocycles. The van der Waals surface area contributed by atoms with Crippen molar-refractivity contribution in [1.29, 1.82) is 0 Å². The largest absolute Gasteiger partial charge is 0.397 e. The van der Waals surface area contributed by atoms with Gasteiger partial charge < -0.3 is 5.73 Å². The highest BCUT2D eigenvalue weighted by molar-refractivity contribution is 7.89. The van der Waals surface area contributed by atoms with Crippen molar-refractivity contribution < 1.29 is 8.42 Å². The van der Waals surface area contributed by atoms with Crippen molar-refractivity contribution >= 4 is 27.3 Å². The number of aryl methyl sites for hydroxylation is 1. The molecule has 0 bridgehead atoms. The highest BCUT2D eigenvalue weighted by atomic mass is 35.5. The van der Waals surface area contributed by atoms with Crippen LogP contribution in [0, 0.1) is 6.92 Å². The Hall–Kier alpha value is -1.57. The predicted octanol–water partition coefficient (Wildman–Crippen LogP) is 1.06. The molecule has 4 N–H and O–H groups in total. The summed E-state index contributed by atoms with van der Waals surface area (Å²) < 4.78 is 23.8. The van der Waals surface area contributed by atoms with Crippen LogP contribution in [0.1, 0.15) is 5.69 Å². The molecule has 0 radical (unpaired) electrons. The molecule has 1 aromatic heterocycles. The fourth-order valence-electron chi connectivity index (χ4n) is 1.48. The number of anilines is 1. The van der Waals surface area contributed by atoms with E-state index in [1.165, 1.54) is 22.9 Å². The summed E-state index contributed by atoms with van der Waals surface area (Å²) in [5.41, 5.74) is 7.23. The Balaban J connectivity index is 2.54. The highest BCUT2D eigenvalue weighted by Gasteiger charge is 2.12. The third-order valence-electron chi connectivity index (χ3n) is 2.41. The monoisotopic (exact) mass is 286 g/mol. The summed E-state index contributed by atoms with van der Waals surface area (Å²) >= 11 is 5.90. The molecular formula is C10H11ClN4O2S. The van der Waals surface area contributed by atoms with Crippen LogP contribution in [-0.2, 0) is 10.0 Å². The molecule has 0 aliphatic rings. The molecule has 8 heteroatoms. The minimum atomic E-state index is -3.76. The van der Waals surface area contributed by atoms with E-state index in [0.717, 1.165) is 0 Å². The summed E-state index contributed by atoms with van der Waals surface area (Å²) in [5, 5.41) is 9.68. The van der Waals surface area contributed by atoms with Gasteiger partial charge in [-0.2, -0.15) is 5.10 Å². The lowest BCUT2D eigenvalue weighted by atomic mass is 10.3. The van der Waals surface area contributed by atoms with Crippen molar-refractivity contribution in [3.8, 4) is 5.69 Å². The third kappa shape index (κ3) is 2.33. The van der Waals surface area contributed by atoms with Gasteiger partial charge in [0.05, 0.1) is 27.0 Å². The van der Waals surface area contributed by atoms with E-state index in [-0.39, 0.29) is 10.6 Å². The van der Waals surface area contributed by atoms with Gasteiger partial charge in [-0.1, -0.05) is 11.6 Å². The molecule has 6 nitrogen and oxygen atoms in total. The molecule has 0 amide bonds. The zero-order valence-corrected chi connectivity index (χ0v) is 11.0. The van der Waals surface area contributed by atoms with Crippen LogP contribution in [0.5, 0.6) is 0 Å². The molecule has 0 aliphatic heterocycles. The van der Waals surface area contributed by atoms with E-state index < -0.39 is 10.0 Å². The van der Waals surface area contributed by atoms with Gasteiger partial charge in [0.1, 0.15) is 0 Å². The quantitative estimate of drug-likeness (QED) is 0.806. The number of benzene rings is 1. The average Bonchev–Trinajstić information content (AvgIpc) is 2.57. The second kappa shape index (κ2) is 4.27. The number of nitrogen functional groups attached to an aromatic ring is 1. The SMILES string of the molecule is Cc1nn(-c2ccc(S(N)(=O)=O)cc2N)cc1Cl. The number of nitrogens with zero attached hydrogens (tertiary/aromatic N) is 2. The molecule has 0 fully saturated rings. The molecule has 0 aliphatic carbocycles. The van der Waals surface area contributed by atoms with E-state index in [4.69, 9.17) is 22.5 Å². The maximum Gasteiger partial charge on any atom is 0.238 e. The summed E-state index contributed by atoms with van der Waals surface area (Å²) in [5.74, 6) is 0. The first-order valence-corrected chi connectivity index (χ1v) is 6.86. The second-order valence-electron chi connectivity index (χ2n) is 3.77. The van der Waals surface area contributed by atoms with E-state index in [1.807, 2.05) is 0 Å². The van der Waals surface area contributed by atoms with Gasteiger partial charge >= 0.3 is 0 Å². The minimum Gasteiger partial charge on any atom is -0.397 e. The fraction of sp³-hybridized carbons (Fsp3) is 0.100. The summed E-state index contributed by atoms with van der Waals surface area (Å²) in [7, 11) is -3.76. The van der Waals surface area contributed by atoms with Gasteiger partial charge in [0.25, 0.3) is 0 Å². The van der Waals surface area contributed by atoms with Crippen LogP contribution in [0.15, 0.2) is 29.3 Å². The second-order valence-corrected chi connectivity index (χ2v) is 5.74. The topological polar surface area (TPSA) is 104 Å². The van der Waals surface area contributed by atoms with Gasteiger partial charge in [-0.25, -0.2) is 18.2 Å². The van der Waals surface area contributed by atoms with Gasteiger partial charge in [-0.05, 0) is 25.1 Å². The van der Waals surface area contributed by atoms with Gasteiger partial charge in [0, 0.05) is 6.20 Å². The Bertz CT molecular complexity index is 689. The Labute approximate surface area is 109 Å². The zero-order valence-electron chi connectivity index (χ0n) is 9.46. The summed E-state index contributed by atoms with van der Waals surface area (Å²) in [6.07, 6.45) is 1.60. The van der Waals surface area contributed by atoms with E-state index in [1.54, 1.807) is 13.1 Å². The first kappa shape index (κ1) is 12.9. The van der Waals surface area contributed by atoms with Crippen LogP contribution in [0.25, 0.3) is 5.69 Å². The lowest BCUT2D eigenvalue weighted by Gasteiger charge is -2.07. The van der Waals surface area contributed by atoms with E-state index >= 15 is 0 Å². The Kier molecular flexibility index (Phi) is 3.05. The van der Waals surface area contributed by atoms with Gasteiger partial charge in [-0.3, -0.25) is 0 Å². The first-order valence-electron chi connectivity index (χ1n) is 4.93. The number of aromatic nitrogens is 2. The maximum atomic E-state index is 11.2. The van der Waals surface area contributed by atoms with Crippen LogP contribution in [0.2, 0.25) is 5.02 Å². The summed E-state index contributed by atoms with van der Waals surface area (Å²) in [6, 6.07) is 4.18. The Morgan fingerprint density at radius 1 is 1.39 bits per heavy atom. The standard InChI is InChI=1S/C10H11ClN4O2S/c1-6-8(11)5-15(14-6)10-3-2-7(4-9(10)12)18(13,16)17/h2-5H,12H2,1H3,(H2,13,16,17). The molecule has 0 spiro atoms. The van der Waals surface area contributed by atoms with Crippen molar-refractivity contribution in [2.75, 3.05) is 5.73 Å². The number of primary sulfonamides is 1. The number of halogens is 1. The molecule has 0 unspecified atom stereocenters. The van der Waals surface area contributed by atoms with E-state index in [9.17, 15) is 8.42 Å². The van der Waals surface area contributed by atoms with Crippen LogP contribution >= 0.6 is 11.6 Å². The molecule has 2 rings (SSSR count). The van der Waals surface area contributed by atoms with Crippen LogP contribution in [0.3, 0.4) is 0 Å². The Morgan fingerprint density at radius 3 is 2.50 bits per heavy atom. The first-order chi connectivity index (χ1) is 8.29. The molecular weight excluding hydrogens is 276 g/mol. The number of hydrogen-bond donors (Lipinski definition) is 2. The number of rotatable bonds is 2. The normalized spacial score (nSPS) is 11.7. The fourth-order valence-corrected chi connectivity index (χ4v) is 2.16. The molecule has 1 aromatic carbocycles. The number of hydrogen-bond acceptors (Lipinski definition) is 4. The maximum absolute atomic E-state index is 11.2. The van der Waals surface area contributed by atoms with Crippen molar-refractivity contribution in [3.63, 3.8) is 0 Å². The van der Waals surface area contributed by atoms with Crippen LogP contribution < -0.4 is 10.9 Å². The molecule has 0 saturated carbocycles. The highest BCUT2D eigenvalue weighted by Crippen LogP contribution is 2.23. The predicted molar refractivity (Wildman–Crippen MR) is 69.1 cm³/mol. The van der Waals surface area contributed by atoms with E-state index in [2.05, 4.69) is 5.10 Å². The number of sulfonamides is 1. The van der Waals surface area contributed by atoms with Gasteiger partial charge in [-0.15, -0.1) is 0 Å². The van der Waals surface area contributed by atoms with Crippen LogP contribution in [-0.4, -0.2) is 18.2 Å². The van der Waals surface area contributed by atoms with Crippen LogP contribution in [0.4, 0.5) is 5.69 Å². The smallest absolute Gasteiger partial charge is 0.238 e. The van der Waals surface area contributed by atoms with Gasteiger partial charge in [0.15, 0.2) is 0 Å². The van der Waals surface area contributed by atoms with E-state index in [0.29, 0.717) is 16.4 Å². The zero-order chi connectivity index (χ0) is 13.5.